The number of nitrogens with zero attached hydrogens (tertiary/aromatic N) is 1. The molecule has 0 bridgehead atoms. The zero-order chi connectivity index (χ0) is 14.5. The van der Waals surface area contributed by atoms with Gasteiger partial charge in [-0.2, -0.15) is 13.2 Å². The molecular weight excluding hydrogens is 257 g/mol. The molecule has 114 valence electrons. The standard InChI is InChI=1S/C13H25F3N2O/c1-12(10-17,6-3-7-13(14,15)16)18-8-4-11(19-2)5-9-18/h11H,3-10,17H2,1-2H3. The number of ether oxygens (including phenoxy) is 1. The van der Waals surface area contributed by atoms with Crippen molar-refractivity contribution < 1.29 is 17.9 Å². The average molecular weight is 282 g/mol. The molecule has 0 radical (unpaired) electrons. The summed E-state index contributed by atoms with van der Waals surface area (Å²) < 4.78 is 41.9. The molecule has 3 nitrogen and oxygen atoms in total. The first-order chi connectivity index (χ1) is 8.80. The Morgan fingerprint density at radius 2 is 1.79 bits per heavy atom. The Morgan fingerprint density at radius 1 is 1.21 bits per heavy atom. The summed E-state index contributed by atoms with van der Waals surface area (Å²) in [5, 5.41) is 0. The third-order valence-corrected chi connectivity index (χ3v) is 4.15. The van der Waals surface area contributed by atoms with E-state index in [1.165, 1.54) is 0 Å². The van der Waals surface area contributed by atoms with Gasteiger partial charge in [-0.05, 0) is 32.6 Å². The predicted molar refractivity (Wildman–Crippen MR) is 69.0 cm³/mol. The van der Waals surface area contributed by atoms with Crippen molar-refractivity contribution in [3.63, 3.8) is 0 Å². The third kappa shape index (κ3) is 5.28. The Balaban J connectivity index is 2.46. The highest BCUT2D eigenvalue weighted by molar-refractivity contribution is 4.90. The van der Waals surface area contributed by atoms with Crippen molar-refractivity contribution in [1.29, 1.82) is 0 Å². The van der Waals surface area contributed by atoms with Gasteiger partial charge in [-0.25, -0.2) is 0 Å². The first-order valence-electron chi connectivity index (χ1n) is 6.85. The number of likely N-dealkylation sites (tertiary alicyclic amines) is 1. The quantitative estimate of drug-likeness (QED) is 0.813. The largest absolute Gasteiger partial charge is 0.389 e. The molecule has 1 aliphatic rings. The second-order valence-corrected chi connectivity index (χ2v) is 5.59. The summed E-state index contributed by atoms with van der Waals surface area (Å²) in [7, 11) is 1.70. The molecular formula is C13H25F3N2O. The van der Waals surface area contributed by atoms with E-state index in [0.717, 1.165) is 25.9 Å². The predicted octanol–water partition coefficient (Wildman–Crippen LogP) is 2.55. The number of rotatable bonds is 6. The van der Waals surface area contributed by atoms with Gasteiger partial charge in [0.05, 0.1) is 6.10 Å². The van der Waals surface area contributed by atoms with Gasteiger partial charge < -0.3 is 10.5 Å². The Labute approximate surface area is 113 Å². The molecule has 0 amide bonds. The van der Waals surface area contributed by atoms with Crippen LogP contribution >= 0.6 is 0 Å². The SMILES string of the molecule is COC1CCN(C(C)(CN)CCCC(F)(F)F)CC1. The van der Waals surface area contributed by atoms with Crippen LogP contribution in [0.1, 0.15) is 39.0 Å². The lowest BCUT2D eigenvalue weighted by atomic mass is 9.90. The van der Waals surface area contributed by atoms with Crippen molar-refractivity contribution in [3.8, 4) is 0 Å². The van der Waals surface area contributed by atoms with Crippen LogP contribution in [0.5, 0.6) is 0 Å². The second kappa shape index (κ2) is 6.90. The number of nitrogens with two attached hydrogens (primary N) is 1. The van der Waals surface area contributed by atoms with Crippen molar-refractivity contribution in [3.05, 3.63) is 0 Å². The summed E-state index contributed by atoms with van der Waals surface area (Å²) >= 11 is 0. The van der Waals surface area contributed by atoms with Gasteiger partial charge in [0.2, 0.25) is 0 Å². The molecule has 0 aromatic rings. The first kappa shape index (κ1) is 16.7. The Kier molecular flexibility index (Phi) is 6.08. The Morgan fingerprint density at radius 3 is 2.21 bits per heavy atom. The van der Waals surface area contributed by atoms with Crippen LogP contribution < -0.4 is 5.73 Å². The highest BCUT2D eigenvalue weighted by atomic mass is 19.4. The van der Waals surface area contributed by atoms with Gasteiger partial charge in [0.25, 0.3) is 0 Å². The summed E-state index contributed by atoms with van der Waals surface area (Å²) in [6.45, 7) is 4.05. The summed E-state index contributed by atoms with van der Waals surface area (Å²) in [5.74, 6) is 0. The van der Waals surface area contributed by atoms with Crippen LogP contribution in [-0.2, 0) is 4.74 Å². The minimum Gasteiger partial charge on any atom is -0.381 e. The number of piperidine rings is 1. The minimum absolute atomic E-state index is 0.140. The molecule has 1 unspecified atom stereocenters. The molecule has 1 aliphatic heterocycles. The number of hydrogen-bond donors (Lipinski definition) is 1. The maximum atomic E-state index is 12.2. The number of halogens is 3. The highest BCUT2D eigenvalue weighted by Gasteiger charge is 2.35. The molecule has 1 atom stereocenters. The van der Waals surface area contributed by atoms with Gasteiger partial charge in [-0.1, -0.05) is 0 Å². The van der Waals surface area contributed by atoms with E-state index < -0.39 is 12.6 Å². The lowest BCUT2D eigenvalue weighted by molar-refractivity contribution is -0.137. The van der Waals surface area contributed by atoms with Crippen LogP contribution in [0.3, 0.4) is 0 Å². The van der Waals surface area contributed by atoms with E-state index >= 15 is 0 Å². The van der Waals surface area contributed by atoms with E-state index in [2.05, 4.69) is 4.90 Å². The summed E-state index contributed by atoms with van der Waals surface area (Å²) in [4.78, 5) is 2.22. The first-order valence-corrected chi connectivity index (χ1v) is 6.85. The Hall–Kier alpha value is -0.330. The van der Waals surface area contributed by atoms with Gasteiger partial charge in [0.15, 0.2) is 0 Å². The molecule has 6 heteroatoms. The van der Waals surface area contributed by atoms with Gasteiger partial charge in [0.1, 0.15) is 0 Å². The lowest BCUT2D eigenvalue weighted by Gasteiger charge is -2.44. The molecule has 0 spiro atoms. The average Bonchev–Trinajstić information content (AvgIpc) is 2.37. The topological polar surface area (TPSA) is 38.5 Å². The zero-order valence-electron chi connectivity index (χ0n) is 11.8. The second-order valence-electron chi connectivity index (χ2n) is 5.59. The molecule has 0 aromatic carbocycles. The van der Waals surface area contributed by atoms with E-state index in [1.807, 2.05) is 6.92 Å². The lowest BCUT2D eigenvalue weighted by Crippen LogP contribution is -2.55. The summed E-state index contributed by atoms with van der Waals surface area (Å²) in [5.41, 5.74) is 5.47. The normalized spacial score (nSPS) is 22.4. The van der Waals surface area contributed by atoms with Crippen molar-refractivity contribution >= 4 is 0 Å². The van der Waals surface area contributed by atoms with Crippen molar-refractivity contribution in [2.75, 3.05) is 26.7 Å². The van der Waals surface area contributed by atoms with Crippen LogP contribution in [0.2, 0.25) is 0 Å². The van der Waals surface area contributed by atoms with Crippen molar-refractivity contribution in [2.45, 2.75) is 56.8 Å². The van der Waals surface area contributed by atoms with Crippen molar-refractivity contribution in [1.82, 2.24) is 4.90 Å². The van der Waals surface area contributed by atoms with Crippen LogP contribution in [0, 0.1) is 0 Å². The summed E-state index contributed by atoms with van der Waals surface area (Å²) in [6, 6.07) is 0. The fourth-order valence-electron chi connectivity index (χ4n) is 2.69. The van der Waals surface area contributed by atoms with E-state index in [4.69, 9.17) is 10.5 Å². The molecule has 0 aliphatic carbocycles. The van der Waals surface area contributed by atoms with E-state index in [9.17, 15) is 13.2 Å². The maximum Gasteiger partial charge on any atom is 0.389 e. The molecule has 2 N–H and O–H groups in total. The fraction of sp³-hybridized carbons (Fsp3) is 1.00. The smallest absolute Gasteiger partial charge is 0.381 e. The highest BCUT2D eigenvalue weighted by Crippen LogP contribution is 2.29. The molecule has 1 saturated heterocycles. The number of methoxy groups -OCH3 is 1. The molecule has 1 rings (SSSR count). The van der Waals surface area contributed by atoms with Gasteiger partial charge in [-0.15, -0.1) is 0 Å². The molecule has 0 aromatic heterocycles. The molecule has 0 saturated carbocycles. The molecule has 1 fully saturated rings. The monoisotopic (exact) mass is 282 g/mol. The molecule has 19 heavy (non-hydrogen) atoms. The summed E-state index contributed by atoms with van der Waals surface area (Å²) in [6.07, 6.45) is -2.05. The molecule has 1 heterocycles. The van der Waals surface area contributed by atoms with E-state index in [1.54, 1.807) is 7.11 Å². The van der Waals surface area contributed by atoms with Crippen LogP contribution in [0.4, 0.5) is 13.2 Å². The van der Waals surface area contributed by atoms with Crippen LogP contribution in [0.15, 0.2) is 0 Å². The fourth-order valence-corrected chi connectivity index (χ4v) is 2.69. The van der Waals surface area contributed by atoms with E-state index in [-0.39, 0.29) is 18.1 Å². The Bertz CT molecular complexity index is 265. The van der Waals surface area contributed by atoms with Gasteiger partial charge in [0, 0.05) is 38.7 Å². The van der Waals surface area contributed by atoms with Gasteiger partial charge >= 0.3 is 6.18 Å². The zero-order valence-corrected chi connectivity index (χ0v) is 11.8. The van der Waals surface area contributed by atoms with Crippen LogP contribution in [0.25, 0.3) is 0 Å². The maximum absolute atomic E-state index is 12.2. The van der Waals surface area contributed by atoms with E-state index in [0.29, 0.717) is 13.0 Å². The van der Waals surface area contributed by atoms with Crippen molar-refractivity contribution in [2.24, 2.45) is 5.73 Å². The van der Waals surface area contributed by atoms with Gasteiger partial charge in [-0.3, -0.25) is 4.90 Å². The third-order valence-electron chi connectivity index (χ3n) is 4.15. The number of hydrogen-bond acceptors (Lipinski definition) is 3. The number of alkyl halides is 3. The van der Waals surface area contributed by atoms with Crippen LogP contribution in [-0.4, -0.2) is 49.5 Å². The minimum atomic E-state index is -4.07.